The first-order valence-corrected chi connectivity index (χ1v) is 7.19. The molecule has 0 amide bonds. The quantitative estimate of drug-likeness (QED) is 0.925. The average Bonchev–Trinajstić information content (AvgIpc) is 2.97. The summed E-state index contributed by atoms with van der Waals surface area (Å²) in [5.41, 5.74) is 1.75. The number of nitrogens with zero attached hydrogens (tertiary/aromatic N) is 2. The number of phenolic OH excluding ortho intramolecular Hbond substituents is 1. The molecule has 1 aromatic carbocycles. The van der Waals surface area contributed by atoms with Crippen molar-refractivity contribution in [2.45, 2.75) is 38.1 Å². The summed E-state index contributed by atoms with van der Waals surface area (Å²) in [4.78, 5) is 0. The Morgan fingerprint density at radius 3 is 2.75 bits per heavy atom. The minimum absolute atomic E-state index is 0.229. The highest BCUT2D eigenvalue weighted by atomic mass is 16.5. The molecule has 106 valence electrons. The molecule has 0 saturated heterocycles. The predicted molar refractivity (Wildman–Crippen MR) is 78.0 cm³/mol. The SMILES string of the molecule is COc1ccc(-c2cnn(C3CCCCC3)c2)c(O)c1. The topological polar surface area (TPSA) is 47.3 Å². The molecule has 0 atom stereocenters. The van der Waals surface area contributed by atoms with Crippen molar-refractivity contribution in [3.8, 4) is 22.6 Å². The van der Waals surface area contributed by atoms with E-state index in [1.807, 2.05) is 24.5 Å². The van der Waals surface area contributed by atoms with Crippen LogP contribution in [0.3, 0.4) is 0 Å². The summed E-state index contributed by atoms with van der Waals surface area (Å²) in [5, 5.41) is 14.6. The number of rotatable bonds is 3. The Morgan fingerprint density at radius 2 is 2.05 bits per heavy atom. The van der Waals surface area contributed by atoms with E-state index in [0.717, 1.165) is 11.1 Å². The van der Waals surface area contributed by atoms with Crippen molar-refractivity contribution in [2.24, 2.45) is 0 Å². The third kappa shape index (κ3) is 2.50. The van der Waals surface area contributed by atoms with E-state index in [4.69, 9.17) is 4.74 Å². The first-order chi connectivity index (χ1) is 9.78. The maximum Gasteiger partial charge on any atom is 0.127 e. The zero-order valence-electron chi connectivity index (χ0n) is 11.7. The van der Waals surface area contributed by atoms with Crippen molar-refractivity contribution in [1.29, 1.82) is 0 Å². The number of hydrogen-bond donors (Lipinski definition) is 1. The highest BCUT2D eigenvalue weighted by Gasteiger charge is 2.17. The van der Waals surface area contributed by atoms with Crippen molar-refractivity contribution in [3.05, 3.63) is 30.6 Å². The van der Waals surface area contributed by atoms with Crippen molar-refractivity contribution < 1.29 is 9.84 Å². The molecule has 0 bridgehead atoms. The minimum Gasteiger partial charge on any atom is -0.507 e. The summed E-state index contributed by atoms with van der Waals surface area (Å²) in [6, 6.07) is 5.87. The second kappa shape index (κ2) is 5.57. The molecule has 1 heterocycles. The molecule has 1 N–H and O–H groups in total. The number of benzene rings is 1. The van der Waals surface area contributed by atoms with Gasteiger partial charge in [0.1, 0.15) is 11.5 Å². The second-order valence-electron chi connectivity index (χ2n) is 5.38. The van der Waals surface area contributed by atoms with Crippen molar-refractivity contribution in [2.75, 3.05) is 7.11 Å². The molecular formula is C16H20N2O2. The number of phenols is 1. The van der Waals surface area contributed by atoms with Crippen LogP contribution >= 0.6 is 0 Å². The number of aromatic hydroxyl groups is 1. The van der Waals surface area contributed by atoms with Gasteiger partial charge < -0.3 is 9.84 Å². The largest absolute Gasteiger partial charge is 0.507 e. The van der Waals surface area contributed by atoms with Gasteiger partial charge in [-0.2, -0.15) is 5.10 Å². The van der Waals surface area contributed by atoms with Crippen LogP contribution in [0.1, 0.15) is 38.1 Å². The first-order valence-electron chi connectivity index (χ1n) is 7.19. The Balaban J connectivity index is 1.85. The molecule has 0 unspecified atom stereocenters. The van der Waals surface area contributed by atoms with Crippen LogP contribution in [0.2, 0.25) is 0 Å². The third-order valence-corrected chi connectivity index (χ3v) is 4.07. The number of hydrogen-bond acceptors (Lipinski definition) is 3. The fourth-order valence-corrected chi connectivity index (χ4v) is 2.90. The van der Waals surface area contributed by atoms with E-state index in [9.17, 15) is 5.11 Å². The van der Waals surface area contributed by atoms with Crippen molar-refractivity contribution >= 4 is 0 Å². The molecule has 1 aromatic heterocycles. The molecule has 0 radical (unpaired) electrons. The van der Waals surface area contributed by atoms with Crippen LogP contribution < -0.4 is 4.74 Å². The lowest BCUT2D eigenvalue weighted by molar-refractivity contribution is 0.329. The van der Waals surface area contributed by atoms with E-state index in [-0.39, 0.29) is 5.75 Å². The Bertz CT molecular complexity index is 586. The van der Waals surface area contributed by atoms with Gasteiger partial charge in [0.2, 0.25) is 0 Å². The van der Waals surface area contributed by atoms with Gasteiger partial charge in [0.15, 0.2) is 0 Å². The van der Waals surface area contributed by atoms with E-state index in [2.05, 4.69) is 9.78 Å². The lowest BCUT2D eigenvalue weighted by atomic mass is 9.96. The van der Waals surface area contributed by atoms with Gasteiger partial charge in [-0.1, -0.05) is 19.3 Å². The monoisotopic (exact) mass is 272 g/mol. The molecule has 0 spiro atoms. The van der Waals surface area contributed by atoms with Crippen molar-refractivity contribution in [3.63, 3.8) is 0 Å². The fourth-order valence-electron chi connectivity index (χ4n) is 2.90. The van der Waals surface area contributed by atoms with E-state index in [1.165, 1.54) is 32.1 Å². The molecule has 20 heavy (non-hydrogen) atoms. The molecule has 4 heteroatoms. The summed E-state index contributed by atoms with van der Waals surface area (Å²) >= 11 is 0. The van der Waals surface area contributed by atoms with Crippen LogP contribution in [-0.4, -0.2) is 22.0 Å². The summed E-state index contributed by atoms with van der Waals surface area (Å²) < 4.78 is 7.16. The van der Waals surface area contributed by atoms with Crippen molar-refractivity contribution in [1.82, 2.24) is 9.78 Å². The normalized spacial score (nSPS) is 16.2. The standard InChI is InChI=1S/C16H20N2O2/c1-20-14-7-8-15(16(19)9-14)12-10-17-18(11-12)13-5-3-2-4-6-13/h7-11,13,19H,2-6H2,1H3. The van der Waals surface area contributed by atoms with E-state index in [1.54, 1.807) is 13.2 Å². The Labute approximate surface area is 119 Å². The van der Waals surface area contributed by atoms with Gasteiger partial charge in [0, 0.05) is 23.4 Å². The van der Waals surface area contributed by atoms with Crippen LogP contribution in [-0.2, 0) is 0 Å². The van der Waals surface area contributed by atoms with Gasteiger partial charge in [0.05, 0.1) is 19.3 Å². The summed E-state index contributed by atoms with van der Waals surface area (Å²) in [5.74, 6) is 0.887. The molecule has 1 saturated carbocycles. The van der Waals surface area contributed by atoms with Gasteiger partial charge in [-0.15, -0.1) is 0 Å². The second-order valence-corrected chi connectivity index (χ2v) is 5.38. The molecule has 1 aliphatic carbocycles. The Kier molecular flexibility index (Phi) is 3.63. The van der Waals surface area contributed by atoms with Gasteiger partial charge >= 0.3 is 0 Å². The highest BCUT2D eigenvalue weighted by molar-refractivity contribution is 5.70. The highest BCUT2D eigenvalue weighted by Crippen LogP contribution is 2.34. The molecule has 4 nitrogen and oxygen atoms in total. The van der Waals surface area contributed by atoms with Crippen LogP contribution in [0, 0.1) is 0 Å². The van der Waals surface area contributed by atoms with Crippen LogP contribution in [0.25, 0.3) is 11.1 Å². The van der Waals surface area contributed by atoms with E-state index in [0.29, 0.717) is 11.8 Å². The lowest BCUT2D eigenvalue weighted by Crippen LogP contribution is -2.12. The zero-order chi connectivity index (χ0) is 13.9. The predicted octanol–water partition coefficient (Wildman–Crippen LogP) is 3.77. The Hall–Kier alpha value is -1.97. The van der Waals surface area contributed by atoms with Crippen LogP contribution in [0.4, 0.5) is 0 Å². The fraction of sp³-hybridized carbons (Fsp3) is 0.438. The summed E-state index contributed by atoms with van der Waals surface area (Å²) in [7, 11) is 1.59. The maximum atomic E-state index is 10.1. The Morgan fingerprint density at radius 1 is 1.25 bits per heavy atom. The zero-order valence-corrected chi connectivity index (χ0v) is 11.7. The summed E-state index contributed by atoms with van der Waals surface area (Å²) in [6.07, 6.45) is 10.2. The third-order valence-electron chi connectivity index (χ3n) is 4.07. The van der Waals surface area contributed by atoms with Gasteiger partial charge in [0.25, 0.3) is 0 Å². The minimum atomic E-state index is 0.229. The number of ether oxygens (including phenoxy) is 1. The van der Waals surface area contributed by atoms with Gasteiger partial charge in [-0.05, 0) is 25.0 Å². The molecule has 1 fully saturated rings. The lowest BCUT2D eigenvalue weighted by Gasteiger charge is -2.21. The van der Waals surface area contributed by atoms with Gasteiger partial charge in [-0.25, -0.2) is 0 Å². The van der Waals surface area contributed by atoms with Crippen LogP contribution in [0.15, 0.2) is 30.6 Å². The number of methoxy groups -OCH3 is 1. The molecule has 0 aliphatic heterocycles. The molecule has 3 rings (SSSR count). The van der Waals surface area contributed by atoms with Gasteiger partial charge in [-0.3, -0.25) is 4.68 Å². The average molecular weight is 272 g/mol. The summed E-state index contributed by atoms with van der Waals surface area (Å²) in [6.45, 7) is 0. The molecular weight excluding hydrogens is 252 g/mol. The molecule has 1 aliphatic rings. The number of aromatic nitrogens is 2. The van der Waals surface area contributed by atoms with E-state index >= 15 is 0 Å². The van der Waals surface area contributed by atoms with Crippen LogP contribution in [0.5, 0.6) is 11.5 Å². The first kappa shape index (κ1) is 13.0. The molecule has 2 aromatic rings. The maximum absolute atomic E-state index is 10.1. The van der Waals surface area contributed by atoms with E-state index < -0.39 is 0 Å². The smallest absolute Gasteiger partial charge is 0.127 e.